The number of halogens is 2. The molecule has 0 aliphatic carbocycles. The number of amides is 1. The molecule has 2 aromatic carbocycles. The molecule has 0 bridgehead atoms. The summed E-state index contributed by atoms with van der Waals surface area (Å²) in [6.07, 6.45) is 2.76. The number of hydrogen-bond acceptors (Lipinski definition) is 7. The number of furan rings is 1. The highest BCUT2D eigenvalue weighted by Gasteiger charge is 2.21. The highest BCUT2D eigenvalue weighted by Crippen LogP contribution is 2.39. The van der Waals surface area contributed by atoms with Gasteiger partial charge >= 0.3 is 0 Å². The lowest BCUT2D eigenvalue weighted by atomic mass is 10.0. The van der Waals surface area contributed by atoms with E-state index in [1.165, 1.54) is 19.5 Å². The van der Waals surface area contributed by atoms with Crippen LogP contribution in [0.4, 0.5) is 11.4 Å². The molecule has 32 heavy (non-hydrogen) atoms. The maximum Gasteiger partial charge on any atom is 0.256 e. The lowest BCUT2D eigenvalue weighted by molar-refractivity contribution is 0.102. The van der Waals surface area contributed by atoms with Gasteiger partial charge in [0.05, 0.1) is 40.7 Å². The van der Waals surface area contributed by atoms with Crippen molar-refractivity contribution in [1.29, 1.82) is 0 Å². The average molecular weight is 494 g/mol. The molecular formula is C21H17Cl2N3O5S. The molecule has 2 heterocycles. The minimum atomic E-state index is -2.21. The van der Waals surface area contributed by atoms with Crippen molar-refractivity contribution in [2.75, 3.05) is 19.0 Å². The van der Waals surface area contributed by atoms with E-state index in [9.17, 15) is 9.00 Å². The molecule has 4 rings (SSSR count). The van der Waals surface area contributed by atoms with E-state index in [1.54, 1.807) is 37.3 Å². The summed E-state index contributed by atoms with van der Waals surface area (Å²) in [5.41, 5.74) is 1.85. The molecule has 1 N–H and O–H groups in total. The Morgan fingerprint density at radius 2 is 1.97 bits per heavy atom. The summed E-state index contributed by atoms with van der Waals surface area (Å²) in [5, 5.41) is 4.23. The number of carbonyl (C=O) groups excluding carboxylic acids is 1. The van der Waals surface area contributed by atoms with Gasteiger partial charge < -0.3 is 14.5 Å². The third kappa shape index (κ3) is 4.24. The monoisotopic (exact) mass is 493 g/mol. The standard InChI is InChI=1S/C21H17Cl2N3O5S/c1-3-30-32(28)26-11-4-6-16-13(8-11)18-12(5-7-17(29-2)20(18)31-16)21(27)25-19-14(22)9-24-10-15(19)23/h4-10,32H,3H2,1-2H3,(H,24,25,27). The summed E-state index contributed by atoms with van der Waals surface area (Å²) in [5.74, 6) is -0.00954. The van der Waals surface area contributed by atoms with Crippen molar-refractivity contribution in [1.82, 2.24) is 4.98 Å². The van der Waals surface area contributed by atoms with Gasteiger partial charge in [0.2, 0.25) is 0 Å². The van der Waals surface area contributed by atoms with Crippen molar-refractivity contribution in [3.8, 4) is 5.75 Å². The molecule has 0 fully saturated rings. The van der Waals surface area contributed by atoms with Gasteiger partial charge in [-0.3, -0.25) is 14.0 Å². The molecule has 166 valence electrons. The van der Waals surface area contributed by atoms with Gasteiger partial charge in [-0.1, -0.05) is 23.2 Å². The Hall–Kier alpha value is -2.85. The molecular weight excluding hydrogens is 477 g/mol. The molecule has 0 radical (unpaired) electrons. The van der Waals surface area contributed by atoms with Crippen LogP contribution in [0.3, 0.4) is 0 Å². The second-order valence-corrected chi connectivity index (χ2v) is 8.24. The fourth-order valence-corrected chi connectivity index (χ4v) is 4.25. The largest absolute Gasteiger partial charge is 0.493 e. The third-order valence-corrected chi connectivity index (χ3v) is 6.01. The van der Waals surface area contributed by atoms with Gasteiger partial charge in [0.1, 0.15) is 5.58 Å². The number of methoxy groups -OCH3 is 1. The predicted octanol–water partition coefficient (Wildman–Crippen LogP) is 5.80. The van der Waals surface area contributed by atoms with Crippen LogP contribution in [0.1, 0.15) is 17.3 Å². The number of pyridine rings is 1. The van der Waals surface area contributed by atoms with Crippen molar-refractivity contribution in [3.05, 3.63) is 58.3 Å². The molecule has 0 saturated carbocycles. The summed E-state index contributed by atoms with van der Waals surface area (Å²) >= 11 is 12.3. The number of fused-ring (bicyclic) bond motifs is 3. The highest BCUT2D eigenvalue weighted by atomic mass is 35.5. The Morgan fingerprint density at radius 3 is 2.66 bits per heavy atom. The lowest BCUT2D eigenvalue weighted by Crippen LogP contribution is -2.13. The summed E-state index contributed by atoms with van der Waals surface area (Å²) in [6.45, 7) is 2.01. The number of aromatic nitrogens is 1. The third-order valence-electron chi connectivity index (χ3n) is 4.56. The van der Waals surface area contributed by atoms with E-state index in [-0.39, 0.29) is 22.3 Å². The number of nitrogens with zero attached hydrogens (tertiary/aromatic N) is 2. The molecule has 0 saturated heterocycles. The van der Waals surface area contributed by atoms with Gasteiger partial charge in [0, 0.05) is 23.2 Å². The van der Waals surface area contributed by atoms with Gasteiger partial charge in [-0.05, 0) is 37.3 Å². The number of carbonyl (C=O) groups is 1. The van der Waals surface area contributed by atoms with E-state index >= 15 is 0 Å². The van der Waals surface area contributed by atoms with Crippen LogP contribution >= 0.6 is 23.2 Å². The topological polar surface area (TPSA) is 103 Å². The quantitative estimate of drug-likeness (QED) is 0.329. The van der Waals surface area contributed by atoms with Crippen LogP contribution in [0.15, 0.2) is 51.5 Å². The first-order chi connectivity index (χ1) is 15.4. The van der Waals surface area contributed by atoms with Crippen molar-refractivity contribution in [2.24, 2.45) is 4.36 Å². The van der Waals surface area contributed by atoms with Crippen LogP contribution in [-0.2, 0) is 15.1 Å². The van der Waals surface area contributed by atoms with E-state index < -0.39 is 16.8 Å². The van der Waals surface area contributed by atoms with Gasteiger partial charge in [0.15, 0.2) is 22.2 Å². The van der Waals surface area contributed by atoms with E-state index in [2.05, 4.69) is 14.7 Å². The van der Waals surface area contributed by atoms with Crippen LogP contribution in [0, 0.1) is 0 Å². The Morgan fingerprint density at radius 1 is 1.22 bits per heavy atom. The number of rotatable bonds is 6. The number of hydrogen-bond donors (Lipinski definition) is 2. The number of thiol groups is 1. The molecule has 0 spiro atoms. The maximum absolute atomic E-state index is 13.2. The molecule has 2 aromatic heterocycles. The normalized spacial score (nSPS) is 12.4. The van der Waals surface area contributed by atoms with Gasteiger partial charge in [-0.25, -0.2) is 4.21 Å². The fourth-order valence-electron chi connectivity index (χ4n) is 3.20. The number of ether oxygens (including phenoxy) is 1. The minimum Gasteiger partial charge on any atom is -0.493 e. The van der Waals surface area contributed by atoms with Crippen LogP contribution in [-0.4, -0.2) is 28.8 Å². The molecule has 4 aromatic rings. The zero-order valence-corrected chi connectivity index (χ0v) is 19.3. The highest BCUT2D eigenvalue weighted by molar-refractivity contribution is 7.69. The summed E-state index contributed by atoms with van der Waals surface area (Å²) in [6, 6.07) is 8.25. The first kappa shape index (κ1) is 22.3. The van der Waals surface area contributed by atoms with Gasteiger partial charge in [0.25, 0.3) is 5.91 Å². The molecule has 1 unspecified atom stereocenters. The van der Waals surface area contributed by atoms with E-state index in [4.69, 9.17) is 36.5 Å². The summed E-state index contributed by atoms with van der Waals surface area (Å²) < 4.78 is 32.4. The second kappa shape index (κ2) is 9.33. The van der Waals surface area contributed by atoms with E-state index in [1.807, 2.05) is 0 Å². The molecule has 1 atom stereocenters. The van der Waals surface area contributed by atoms with Crippen LogP contribution in [0.25, 0.3) is 21.9 Å². The summed E-state index contributed by atoms with van der Waals surface area (Å²) in [4.78, 5) is 17.1. The molecule has 0 aliphatic heterocycles. The average Bonchev–Trinajstić information content (AvgIpc) is 3.15. The zero-order valence-electron chi connectivity index (χ0n) is 16.9. The number of nitrogens with one attached hydrogen (secondary N) is 1. The van der Waals surface area contributed by atoms with Crippen molar-refractivity contribution in [3.63, 3.8) is 0 Å². The Balaban J connectivity index is 1.89. The van der Waals surface area contributed by atoms with Crippen LogP contribution < -0.4 is 10.1 Å². The van der Waals surface area contributed by atoms with E-state index in [0.717, 1.165) is 0 Å². The van der Waals surface area contributed by atoms with E-state index in [0.29, 0.717) is 38.9 Å². The lowest BCUT2D eigenvalue weighted by Gasteiger charge is -2.10. The first-order valence-electron chi connectivity index (χ1n) is 9.38. The first-order valence-corrected chi connectivity index (χ1v) is 11.3. The van der Waals surface area contributed by atoms with Gasteiger partial charge in [-0.15, -0.1) is 0 Å². The smallest absolute Gasteiger partial charge is 0.256 e. The van der Waals surface area contributed by atoms with Crippen LogP contribution in [0.5, 0.6) is 5.75 Å². The van der Waals surface area contributed by atoms with Crippen molar-refractivity contribution < 1.29 is 22.3 Å². The predicted molar refractivity (Wildman–Crippen MR) is 126 cm³/mol. The maximum atomic E-state index is 13.2. The van der Waals surface area contributed by atoms with Crippen molar-refractivity contribution >= 4 is 73.3 Å². The second-order valence-electron chi connectivity index (χ2n) is 6.49. The SMILES string of the molecule is CCO[SH](=O)=Nc1ccc2oc3c(OC)ccc(C(=O)Nc4c(Cl)cncc4Cl)c3c2c1. The zero-order chi connectivity index (χ0) is 22.8. The van der Waals surface area contributed by atoms with Gasteiger partial charge in [-0.2, -0.15) is 4.36 Å². The van der Waals surface area contributed by atoms with Crippen LogP contribution in [0.2, 0.25) is 10.0 Å². The Labute approximate surface area is 194 Å². The Kier molecular flexibility index (Phi) is 6.52. The molecule has 8 nitrogen and oxygen atoms in total. The number of benzene rings is 2. The Bertz CT molecular complexity index is 1410. The molecule has 0 aliphatic rings. The fraction of sp³-hybridized carbons (Fsp3) is 0.143. The summed E-state index contributed by atoms with van der Waals surface area (Å²) in [7, 11) is -0.700. The number of anilines is 1. The minimum absolute atomic E-state index is 0.202. The molecule has 1 amide bonds. The van der Waals surface area contributed by atoms with Crippen molar-refractivity contribution in [2.45, 2.75) is 6.92 Å². The molecule has 11 heteroatoms.